The average Bonchev–Trinajstić information content (AvgIpc) is 3.34. The molecule has 15 heteroatoms. The lowest BCUT2D eigenvalue weighted by Crippen LogP contribution is -2.50. The van der Waals surface area contributed by atoms with Gasteiger partial charge < -0.3 is 34.5 Å². The van der Waals surface area contributed by atoms with E-state index in [1.165, 1.54) is 38.1 Å². The lowest BCUT2D eigenvalue weighted by atomic mass is 9.93. The number of nitrogens with one attached hydrogen (secondary N) is 1. The molecule has 5 N–H and O–H groups in total. The van der Waals surface area contributed by atoms with E-state index < -0.39 is 43.1 Å². The number of aromatic nitrogens is 3. The molecule has 0 amide bonds. The second kappa shape index (κ2) is 11.9. The highest BCUT2D eigenvalue weighted by Crippen LogP contribution is 2.46. The third-order valence-electron chi connectivity index (χ3n) is 5.47. The van der Waals surface area contributed by atoms with E-state index in [4.69, 9.17) is 36.1 Å². The molecule has 198 valence electrons. The molecule has 0 saturated heterocycles. The Morgan fingerprint density at radius 3 is 2.62 bits per heavy atom. The average molecular weight is 551 g/mol. The van der Waals surface area contributed by atoms with E-state index in [1.807, 2.05) is 6.07 Å². The van der Waals surface area contributed by atoms with Crippen LogP contribution in [-0.4, -0.2) is 69.4 Å². The zero-order valence-electron chi connectivity index (χ0n) is 20.2. The number of aliphatic hydroxyl groups is 2. The minimum atomic E-state index is -3.55. The fourth-order valence-electron chi connectivity index (χ4n) is 3.38. The Morgan fingerprint density at radius 2 is 2.00 bits per heavy atom. The van der Waals surface area contributed by atoms with Gasteiger partial charge in [0, 0.05) is 7.11 Å². The summed E-state index contributed by atoms with van der Waals surface area (Å²) in [6.07, 6.45) is -2.31. The molecule has 0 bridgehead atoms. The van der Waals surface area contributed by atoms with Gasteiger partial charge in [0.2, 0.25) is 5.60 Å². The van der Waals surface area contributed by atoms with Crippen molar-refractivity contribution in [2.45, 2.75) is 30.8 Å². The number of hydrogen-bond donors (Lipinski definition) is 4. The number of methoxy groups -OCH3 is 2. The van der Waals surface area contributed by atoms with E-state index in [-0.39, 0.29) is 11.5 Å². The summed E-state index contributed by atoms with van der Waals surface area (Å²) in [7, 11) is 2.39. The van der Waals surface area contributed by atoms with E-state index in [0.29, 0.717) is 11.3 Å². The maximum absolute atomic E-state index is 12.0. The molecule has 0 aliphatic rings. The van der Waals surface area contributed by atoms with E-state index in [9.17, 15) is 20.3 Å². The van der Waals surface area contributed by atoms with Crippen LogP contribution in [0.4, 0.5) is 5.82 Å². The number of carbonyl (C=O) groups excluding carboxylic acids is 1. The molecule has 0 aliphatic heterocycles. The quantitative estimate of drug-likeness (QED) is 0.186. The van der Waals surface area contributed by atoms with Crippen LogP contribution in [0.2, 0.25) is 0 Å². The highest BCUT2D eigenvalue weighted by atomic mass is 32.5. The SMILES string of the molecule is COC(=O)[C@H](C)NP(=S)(OC[C@@](C#N)(OC)[C@@H](O)[C@@H](O)c1ccc2c(N)ncnn12)Oc1ccccc1. The minimum Gasteiger partial charge on any atom is -0.468 e. The van der Waals surface area contributed by atoms with E-state index in [1.54, 1.807) is 36.4 Å². The highest BCUT2D eigenvalue weighted by Gasteiger charge is 2.46. The molecule has 37 heavy (non-hydrogen) atoms. The monoisotopic (exact) mass is 550 g/mol. The summed E-state index contributed by atoms with van der Waals surface area (Å²) in [4.78, 5) is 15.9. The van der Waals surface area contributed by atoms with Gasteiger partial charge in [-0.3, -0.25) is 4.79 Å². The second-order valence-electron chi connectivity index (χ2n) is 7.84. The standard InChI is InChI=1S/C22H27N6O7PS/c1-14(21(31)32-2)27-36(37,35-15-7-5-4-6-8-15)34-12-22(11-23,33-3)19(30)18(29)16-9-10-17-20(24)25-13-26-28(16)17/h4-10,13-14,18-19,29-30H,12H2,1-3H3,(H,27,37)(H2,24,25,26)/t14-,18-,19-,22+,36?/m0/s1. The van der Waals surface area contributed by atoms with E-state index in [0.717, 1.165) is 0 Å². The maximum Gasteiger partial charge on any atom is 0.323 e. The number of rotatable bonds is 12. The summed E-state index contributed by atoms with van der Waals surface area (Å²) in [5, 5.41) is 39.0. The number of aliphatic hydroxyl groups excluding tert-OH is 2. The van der Waals surface area contributed by atoms with Gasteiger partial charge in [-0.25, -0.2) is 14.6 Å². The molecule has 2 aromatic heterocycles. The normalized spacial score (nSPS) is 17.1. The largest absolute Gasteiger partial charge is 0.468 e. The summed E-state index contributed by atoms with van der Waals surface area (Å²) >= 11 is 5.60. The molecule has 3 rings (SSSR count). The van der Waals surface area contributed by atoms with Gasteiger partial charge in [-0.2, -0.15) is 10.4 Å². The Bertz CT molecular complexity index is 1320. The van der Waals surface area contributed by atoms with Crippen molar-refractivity contribution >= 4 is 35.8 Å². The Balaban J connectivity index is 1.89. The van der Waals surface area contributed by atoms with Crippen molar-refractivity contribution in [1.29, 1.82) is 5.26 Å². The third-order valence-corrected chi connectivity index (χ3v) is 7.95. The fraction of sp³-hybridized carbons (Fsp3) is 0.364. The molecule has 13 nitrogen and oxygen atoms in total. The molecular formula is C22H27N6O7PS. The van der Waals surface area contributed by atoms with Crippen LogP contribution in [0, 0.1) is 11.3 Å². The number of para-hydroxylation sites is 1. The zero-order valence-corrected chi connectivity index (χ0v) is 21.9. The van der Waals surface area contributed by atoms with Crippen molar-refractivity contribution in [3.05, 3.63) is 54.5 Å². The van der Waals surface area contributed by atoms with Gasteiger partial charge in [-0.1, -0.05) is 18.2 Å². The number of nitrogen functional groups attached to an aromatic ring is 1. The number of ether oxygens (including phenoxy) is 2. The number of fused-ring (bicyclic) bond motifs is 1. The number of anilines is 1. The van der Waals surface area contributed by atoms with Crippen LogP contribution >= 0.6 is 6.64 Å². The van der Waals surface area contributed by atoms with Crippen LogP contribution in [0.5, 0.6) is 5.75 Å². The van der Waals surface area contributed by atoms with Crippen molar-refractivity contribution in [1.82, 2.24) is 19.7 Å². The summed E-state index contributed by atoms with van der Waals surface area (Å²) in [5.41, 5.74) is 4.26. The van der Waals surface area contributed by atoms with Gasteiger partial charge in [0.05, 0.1) is 12.8 Å². The first-order valence-corrected chi connectivity index (χ1v) is 13.5. The zero-order chi connectivity index (χ0) is 27.2. The summed E-state index contributed by atoms with van der Waals surface area (Å²) in [5.74, 6) is -0.119. The molecule has 1 unspecified atom stereocenters. The number of esters is 1. The van der Waals surface area contributed by atoms with Crippen LogP contribution in [0.25, 0.3) is 5.52 Å². The molecule has 0 fully saturated rings. The maximum atomic E-state index is 12.0. The van der Waals surface area contributed by atoms with E-state index >= 15 is 0 Å². The fourth-order valence-corrected chi connectivity index (χ4v) is 5.79. The minimum absolute atomic E-state index is 0.130. The van der Waals surface area contributed by atoms with Gasteiger partial charge in [0.15, 0.2) is 5.82 Å². The van der Waals surface area contributed by atoms with Gasteiger partial charge >= 0.3 is 12.6 Å². The smallest absolute Gasteiger partial charge is 0.323 e. The van der Waals surface area contributed by atoms with Crippen LogP contribution in [0.3, 0.4) is 0 Å². The number of benzene rings is 1. The number of hydrogen-bond acceptors (Lipinski definition) is 12. The van der Waals surface area contributed by atoms with Crippen LogP contribution in [-0.2, 0) is 30.6 Å². The summed E-state index contributed by atoms with van der Waals surface area (Å²) in [6.45, 7) is -2.68. The molecule has 1 aromatic carbocycles. The number of carbonyl (C=O) groups is 1. The molecule has 0 saturated carbocycles. The van der Waals surface area contributed by atoms with Crippen molar-refractivity contribution in [3.63, 3.8) is 0 Å². The Hall–Kier alpha value is -3.15. The van der Waals surface area contributed by atoms with Gasteiger partial charge in [-0.05, 0) is 43.0 Å². The topological polar surface area (TPSA) is 186 Å². The van der Waals surface area contributed by atoms with Crippen molar-refractivity contribution in [2.75, 3.05) is 26.6 Å². The predicted molar refractivity (Wildman–Crippen MR) is 136 cm³/mol. The van der Waals surface area contributed by atoms with E-state index in [2.05, 4.69) is 15.2 Å². The van der Waals surface area contributed by atoms with Crippen LogP contribution in [0.15, 0.2) is 48.8 Å². The molecule has 0 spiro atoms. The molecule has 0 aliphatic carbocycles. The first kappa shape index (κ1) is 28.4. The summed E-state index contributed by atoms with van der Waals surface area (Å²) < 4.78 is 23.1. The van der Waals surface area contributed by atoms with Crippen molar-refractivity contribution < 1.29 is 33.5 Å². The first-order chi connectivity index (χ1) is 17.6. The Labute approximate surface area is 217 Å². The molecule has 5 atom stereocenters. The van der Waals surface area contributed by atoms with Crippen LogP contribution in [0.1, 0.15) is 18.7 Å². The molecule has 2 heterocycles. The van der Waals surface area contributed by atoms with Crippen LogP contribution < -0.4 is 15.3 Å². The van der Waals surface area contributed by atoms with Gasteiger partial charge in [0.25, 0.3) is 0 Å². The van der Waals surface area contributed by atoms with Gasteiger partial charge in [-0.15, -0.1) is 0 Å². The third kappa shape index (κ3) is 6.23. The Kier molecular flexibility index (Phi) is 9.16. The number of nitrogens with two attached hydrogens (primary N) is 1. The first-order valence-electron chi connectivity index (χ1n) is 10.8. The molecular weight excluding hydrogens is 523 g/mol. The van der Waals surface area contributed by atoms with Crippen molar-refractivity contribution in [2.24, 2.45) is 0 Å². The van der Waals surface area contributed by atoms with Crippen molar-refractivity contribution in [3.8, 4) is 11.8 Å². The Morgan fingerprint density at radius 1 is 1.30 bits per heavy atom. The molecule has 3 aromatic rings. The lowest BCUT2D eigenvalue weighted by Gasteiger charge is -2.35. The number of nitriles is 1. The lowest BCUT2D eigenvalue weighted by molar-refractivity contribution is -0.142. The number of nitrogens with zero attached hydrogens (tertiary/aromatic N) is 4. The van der Waals surface area contributed by atoms with Gasteiger partial charge in [0.1, 0.15) is 48.5 Å². The summed E-state index contributed by atoms with van der Waals surface area (Å²) in [6, 6.07) is 12.4. The molecule has 0 radical (unpaired) electrons. The second-order valence-corrected chi connectivity index (χ2v) is 11.0. The predicted octanol–water partition coefficient (Wildman–Crippen LogP) is 1.09. The highest BCUT2D eigenvalue weighted by molar-refractivity contribution is 8.09.